The van der Waals surface area contributed by atoms with Gasteiger partial charge in [-0.2, -0.15) is 4.98 Å². The number of aromatic nitrogens is 4. The van der Waals surface area contributed by atoms with Crippen LogP contribution in [0.3, 0.4) is 0 Å². The van der Waals surface area contributed by atoms with Gasteiger partial charge < -0.3 is 25.0 Å². The lowest BCUT2D eigenvalue weighted by Gasteiger charge is -2.22. The third-order valence-electron chi connectivity index (χ3n) is 5.19. The number of aliphatic hydroxyl groups is 1. The quantitative estimate of drug-likeness (QED) is 0.571. The smallest absolute Gasteiger partial charge is 0.229 e. The zero-order valence-corrected chi connectivity index (χ0v) is 17.9. The van der Waals surface area contributed by atoms with E-state index >= 15 is 0 Å². The molecule has 3 heterocycles. The second kappa shape index (κ2) is 7.95. The molecule has 2 aromatic heterocycles. The van der Waals surface area contributed by atoms with Gasteiger partial charge in [-0.15, -0.1) is 0 Å². The number of nitrogens with zero attached hydrogens (tertiary/aromatic N) is 4. The summed E-state index contributed by atoms with van der Waals surface area (Å²) in [6.45, 7) is 7.33. The van der Waals surface area contributed by atoms with E-state index in [0.29, 0.717) is 17.4 Å². The normalized spacial score (nSPS) is 14.2. The highest BCUT2D eigenvalue weighted by Crippen LogP contribution is 2.32. The summed E-state index contributed by atoms with van der Waals surface area (Å²) in [6, 6.07) is 7.65. The Bertz CT molecular complexity index is 1030. The van der Waals surface area contributed by atoms with Crippen LogP contribution in [0.2, 0.25) is 0 Å². The molecule has 3 aromatic rings. The van der Waals surface area contributed by atoms with Crippen LogP contribution in [0.1, 0.15) is 38.1 Å². The molecule has 0 unspecified atom stereocenters. The maximum Gasteiger partial charge on any atom is 0.229 e. The van der Waals surface area contributed by atoms with Gasteiger partial charge in [-0.05, 0) is 45.7 Å². The molecule has 158 valence electrons. The van der Waals surface area contributed by atoms with Crippen LogP contribution >= 0.6 is 0 Å². The Hall–Kier alpha value is -3.13. The Labute approximate surface area is 176 Å². The van der Waals surface area contributed by atoms with E-state index in [1.54, 1.807) is 21.0 Å². The summed E-state index contributed by atoms with van der Waals surface area (Å²) in [7, 11) is 1.63. The van der Waals surface area contributed by atoms with Crippen molar-refractivity contribution in [3.8, 4) is 17.1 Å². The Morgan fingerprint density at radius 1 is 1.13 bits per heavy atom. The SMILES string of the molecule is COc1cc(Nc2nc(N3CCCC3)cc(C(C)(C)O)n2)ccc1-c1nc(C)c[nH]1. The number of hydrogen-bond donors (Lipinski definition) is 3. The molecule has 1 aliphatic heterocycles. The third-order valence-corrected chi connectivity index (χ3v) is 5.19. The van der Waals surface area contributed by atoms with Crippen molar-refractivity contribution in [2.24, 2.45) is 0 Å². The second-order valence-electron chi connectivity index (χ2n) is 8.12. The lowest BCUT2D eigenvalue weighted by molar-refractivity contribution is 0.0739. The summed E-state index contributed by atoms with van der Waals surface area (Å²) in [5.41, 5.74) is 2.10. The van der Waals surface area contributed by atoms with Crippen LogP contribution in [0.15, 0.2) is 30.5 Å². The van der Waals surface area contributed by atoms with E-state index in [1.165, 1.54) is 0 Å². The van der Waals surface area contributed by atoms with Crippen molar-refractivity contribution in [3.63, 3.8) is 0 Å². The number of rotatable bonds is 6. The molecule has 0 spiro atoms. The number of aromatic amines is 1. The third kappa shape index (κ3) is 4.23. The fourth-order valence-electron chi connectivity index (χ4n) is 3.56. The maximum absolute atomic E-state index is 10.5. The molecule has 0 bridgehead atoms. The second-order valence-corrected chi connectivity index (χ2v) is 8.12. The molecular formula is C22H28N6O2. The number of H-pyrrole nitrogens is 1. The average Bonchev–Trinajstić information content (AvgIpc) is 3.39. The fraction of sp³-hybridized carbons (Fsp3) is 0.409. The minimum Gasteiger partial charge on any atom is -0.496 e. The van der Waals surface area contributed by atoms with Crippen molar-refractivity contribution >= 4 is 17.5 Å². The summed E-state index contributed by atoms with van der Waals surface area (Å²) >= 11 is 0. The molecule has 1 saturated heterocycles. The Morgan fingerprint density at radius 3 is 2.53 bits per heavy atom. The van der Waals surface area contributed by atoms with Gasteiger partial charge in [-0.25, -0.2) is 9.97 Å². The molecule has 3 N–H and O–H groups in total. The number of imidazole rings is 1. The highest BCUT2D eigenvalue weighted by Gasteiger charge is 2.23. The lowest BCUT2D eigenvalue weighted by atomic mass is 10.1. The van der Waals surface area contributed by atoms with Crippen LogP contribution in [-0.2, 0) is 5.60 Å². The molecule has 0 amide bonds. The van der Waals surface area contributed by atoms with Crippen molar-refractivity contribution in [2.75, 3.05) is 30.4 Å². The highest BCUT2D eigenvalue weighted by atomic mass is 16.5. The largest absolute Gasteiger partial charge is 0.496 e. The molecule has 0 aliphatic carbocycles. The minimum absolute atomic E-state index is 0.445. The van der Waals surface area contributed by atoms with Gasteiger partial charge in [0.1, 0.15) is 23.0 Å². The first-order valence-corrected chi connectivity index (χ1v) is 10.2. The Balaban J connectivity index is 1.67. The van der Waals surface area contributed by atoms with E-state index < -0.39 is 5.60 Å². The zero-order chi connectivity index (χ0) is 21.3. The first kappa shape index (κ1) is 20.2. The van der Waals surface area contributed by atoms with Gasteiger partial charge in [0.2, 0.25) is 5.95 Å². The Kier molecular flexibility index (Phi) is 5.34. The Morgan fingerprint density at radius 2 is 1.90 bits per heavy atom. The molecule has 4 rings (SSSR count). The topological polar surface area (TPSA) is 99.2 Å². The van der Waals surface area contributed by atoms with Crippen molar-refractivity contribution in [1.29, 1.82) is 0 Å². The summed E-state index contributed by atoms with van der Waals surface area (Å²) in [6.07, 6.45) is 4.15. The van der Waals surface area contributed by atoms with Gasteiger partial charge >= 0.3 is 0 Å². The summed E-state index contributed by atoms with van der Waals surface area (Å²) in [5.74, 6) is 2.72. The van der Waals surface area contributed by atoms with Crippen molar-refractivity contribution in [2.45, 2.75) is 39.2 Å². The summed E-state index contributed by atoms with van der Waals surface area (Å²) < 4.78 is 5.58. The van der Waals surface area contributed by atoms with Gasteiger partial charge in [0.05, 0.1) is 24.1 Å². The van der Waals surface area contributed by atoms with Crippen LogP contribution in [-0.4, -0.2) is 45.2 Å². The van der Waals surface area contributed by atoms with Gasteiger partial charge in [-0.3, -0.25) is 0 Å². The first-order valence-electron chi connectivity index (χ1n) is 10.2. The summed E-state index contributed by atoms with van der Waals surface area (Å²) in [5, 5.41) is 13.8. The van der Waals surface area contributed by atoms with E-state index in [9.17, 15) is 5.11 Å². The van der Waals surface area contributed by atoms with E-state index in [4.69, 9.17) is 9.72 Å². The predicted octanol–water partition coefficient (Wildman–Crippen LogP) is 3.75. The van der Waals surface area contributed by atoms with E-state index in [-0.39, 0.29) is 0 Å². The number of aryl methyl sites for hydroxylation is 1. The molecule has 1 aliphatic rings. The van der Waals surface area contributed by atoms with Crippen molar-refractivity contribution < 1.29 is 9.84 Å². The molecule has 1 fully saturated rings. The van der Waals surface area contributed by atoms with Crippen LogP contribution in [0.25, 0.3) is 11.4 Å². The minimum atomic E-state index is -1.06. The summed E-state index contributed by atoms with van der Waals surface area (Å²) in [4.78, 5) is 19.1. The number of hydrogen-bond acceptors (Lipinski definition) is 7. The monoisotopic (exact) mass is 408 g/mol. The number of benzene rings is 1. The van der Waals surface area contributed by atoms with Crippen LogP contribution in [0.5, 0.6) is 5.75 Å². The first-order chi connectivity index (χ1) is 14.3. The van der Waals surface area contributed by atoms with E-state index in [0.717, 1.165) is 54.5 Å². The van der Waals surface area contributed by atoms with Crippen LogP contribution in [0.4, 0.5) is 17.5 Å². The van der Waals surface area contributed by atoms with E-state index in [1.807, 2.05) is 37.4 Å². The molecular weight excluding hydrogens is 380 g/mol. The maximum atomic E-state index is 10.5. The van der Waals surface area contributed by atoms with Crippen molar-refractivity contribution in [1.82, 2.24) is 19.9 Å². The molecule has 1 aromatic carbocycles. The van der Waals surface area contributed by atoms with Gasteiger partial charge in [0.25, 0.3) is 0 Å². The van der Waals surface area contributed by atoms with Crippen LogP contribution in [0, 0.1) is 6.92 Å². The molecule has 0 radical (unpaired) electrons. The van der Waals surface area contributed by atoms with Gasteiger partial charge in [0, 0.05) is 37.1 Å². The molecule has 8 heteroatoms. The predicted molar refractivity (Wildman–Crippen MR) is 117 cm³/mol. The zero-order valence-electron chi connectivity index (χ0n) is 17.9. The average molecular weight is 409 g/mol. The molecule has 8 nitrogen and oxygen atoms in total. The molecule has 0 atom stereocenters. The van der Waals surface area contributed by atoms with Crippen LogP contribution < -0.4 is 15.0 Å². The van der Waals surface area contributed by atoms with Gasteiger partial charge in [-0.1, -0.05) is 0 Å². The highest BCUT2D eigenvalue weighted by molar-refractivity contribution is 5.70. The molecule has 0 saturated carbocycles. The van der Waals surface area contributed by atoms with E-state index in [2.05, 4.69) is 25.2 Å². The number of methoxy groups -OCH3 is 1. The molecule has 30 heavy (non-hydrogen) atoms. The standard InChI is InChI=1S/C22H28N6O2/c1-14-13-23-20(24-14)16-8-7-15(11-17(16)30-4)25-21-26-18(22(2,3)29)12-19(27-21)28-9-5-6-10-28/h7-8,11-13,29H,5-6,9-10H2,1-4H3,(H,23,24)(H,25,26,27). The van der Waals surface area contributed by atoms with Crippen molar-refractivity contribution in [3.05, 3.63) is 41.9 Å². The number of nitrogens with one attached hydrogen (secondary N) is 2. The number of anilines is 3. The fourth-order valence-corrected chi connectivity index (χ4v) is 3.56. The number of ether oxygens (including phenoxy) is 1. The lowest BCUT2D eigenvalue weighted by Crippen LogP contribution is -2.23. The van der Waals surface area contributed by atoms with Gasteiger partial charge in [0.15, 0.2) is 0 Å².